The second-order valence-electron chi connectivity index (χ2n) is 4.80. The molecule has 1 N–H and O–H groups in total. The van der Waals surface area contributed by atoms with Gasteiger partial charge in [-0.25, -0.2) is 4.79 Å². The van der Waals surface area contributed by atoms with Crippen LogP contribution in [0.15, 0.2) is 29.6 Å². The maximum absolute atomic E-state index is 11.0. The first-order valence-corrected chi connectivity index (χ1v) is 7.26. The Kier molecular flexibility index (Phi) is 3.34. The van der Waals surface area contributed by atoms with Crippen molar-refractivity contribution in [3.05, 3.63) is 55.8 Å². The molecule has 1 aromatic carbocycles. The summed E-state index contributed by atoms with van der Waals surface area (Å²) >= 11 is 1.72. The van der Waals surface area contributed by atoms with Gasteiger partial charge in [0.05, 0.1) is 4.92 Å². The molecule has 0 saturated heterocycles. The van der Waals surface area contributed by atoms with E-state index in [0.29, 0.717) is 12.2 Å². The fourth-order valence-electron chi connectivity index (χ4n) is 2.52. The number of nitro benzene ring substituents is 1. The molecular weight excluding hydrogens is 292 g/mol. The van der Waals surface area contributed by atoms with Gasteiger partial charge in [-0.05, 0) is 35.6 Å². The molecule has 0 radical (unpaired) electrons. The van der Waals surface area contributed by atoms with Crippen molar-refractivity contribution in [1.29, 1.82) is 0 Å². The second-order valence-corrected chi connectivity index (χ2v) is 5.80. The summed E-state index contributed by atoms with van der Waals surface area (Å²) in [4.78, 5) is 24.8. The molecule has 7 heteroatoms. The number of carbonyl (C=O) groups is 1. The maximum Gasteiger partial charge on any atom is 0.342 e. The van der Waals surface area contributed by atoms with Crippen LogP contribution in [-0.2, 0) is 13.0 Å². The minimum absolute atomic E-state index is 0.281. The standard InChI is InChI=1S/C14H12N2O4S/c17-14(18)11-2-1-10(7-12(11)16(19)20)15-5-3-13-9(8-15)4-6-21-13/h1-2,4,6-7H,3,5,8H2,(H,17,18). The van der Waals surface area contributed by atoms with Crippen molar-refractivity contribution in [3.8, 4) is 0 Å². The highest BCUT2D eigenvalue weighted by Crippen LogP contribution is 2.31. The van der Waals surface area contributed by atoms with Gasteiger partial charge >= 0.3 is 5.97 Å². The third-order valence-electron chi connectivity index (χ3n) is 3.58. The third-order valence-corrected chi connectivity index (χ3v) is 4.60. The van der Waals surface area contributed by atoms with Gasteiger partial charge in [-0.15, -0.1) is 11.3 Å². The van der Waals surface area contributed by atoms with Crippen LogP contribution >= 0.6 is 11.3 Å². The third kappa shape index (κ3) is 2.47. The van der Waals surface area contributed by atoms with E-state index in [-0.39, 0.29) is 11.3 Å². The Balaban J connectivity index is 1.95. The number of thiophene rings is 1. The molecular formula is C14H12N2O4S. The monoisotopic (exact) mass is 304 g/mol. The lowest BCUT2D eigenvalue weighted by atomic mass is 10.1. The number of carboxylic acid groups (broad SMARTS) is 1. The van der Waals surface area contributed by atoms with Crippen LogP contribution in [0.5, 0.6) is 0 Å². The Bertz CT molecular complexity index is 726. The van der Waals surface area contributed by atoms with E-state index < -0.39 is 10.9 Å². The van der Waals surface area contributed by atoms with E-state index in [1.165, 1.54) is 22.6 Å². The molecule has 0 aliphatic carbocycles. The fourth-order valence-corrected chi connectivity index (χ4v) is 3.41. The Morgan fingerprint density at radius 2 is 2.19 bits per heavy atom. The molecule has 0 saturated carbocycles. The van der Waals surface area contributed by atoms with E-state index in [1.54, 1.807) is 17.4 Å². The minimum Gasteiger partial charge on any atom is -0.477 e. The molecule has 0 atom stereocenters. The van der Waals surface area contributed by atoms with E-state index >= 15 is 0 Å². The summed E-state index contributed by atoms with van der Waals surface area (Å²) in [5.74, 6) is -1.29. The molecule has 1 aliphatic rings. The van der Waals surface area contributed by atoms with E-state index in [0.717, 1.165) is 13.0 Å². The lowest BCUT2D eigenvalue weighted by Crippen LogP contribution is -2.29. The summed E-state index contributed by atoms with van der Waals surface area (Å²) in [6.07, 6.45) is 0.904. The smallest absolute Gasteiger partial charge is 0.342 e. The second kappa shape index (κ2) is 5.17. The largest absolute Gasteiger partial charge is 0.477 e. The molecule has 0 bridgehead atoms. The SMILES string of the molecule is O=C(O)c1ccc(N2CCc3sccc3C2)cc1[N+](=O)[O-]. The Morgan fingerprint density at radius 3 is 2.90 bits per heavy atom. The average Bonchev–Trinajstić information content (AvgIpc) is 2.93. The molecule has 6 nitrogen and oxygen atoms in total. The van der Waals surface area contributed by atoms with Crippen LogP contribution in [0.25, 0.3) is 0 Å². The average molecular weight is 304 g/mol. The molecule has 1 aromatic heterocycles. The van der Waals surface area contributed by atoms with Crippen LogP contribution in [0.4, 0.5) is 11.4 Å². The first-order chi connectivity index (χ1) is 10.1. The van der Waals surface area contributed by atoms with Crippen molar-refractivity contribution in [2.45, 2.75) is 13.0 Å². The summed E-state index contributed by atoms with van der Waals surface area (Å²) in [5, 5.41) is 22.1. The molecule has 0 unspecified atom stereocenters. The van der Waals surface area contributed by atoms with Gasteiger partial charge in [0, 0.05) is 29.7 Å². The molecule has 2 heterocycles. The molecule has 0 spiro atoms. The van der Waals surface area contributed by atoms with E-state index in [2.05, 4.69) is 6.07 Å². The predicted octanol–water partition coefficient (Wildman–Crippen LogP) is 2.92. The van der Waals surface area contributed by atoms with E-state index in [9.17, 15) is 14.9 Å². The molecule has 2 aromatic rings. The Hall–Kier alpha value is -2.41. The normalized spacial score (nSPS) is 13.8. The maximum atomic E-state index is 11.0. The number of fused-ring (bicyclic) bond motifs is 1. The number of hydrogen-bond donors (Lipinski definition) is 1. The predicted molar refractivity (Wildman–Crippen MR) is 79.1 cm³/mol. The molecule has 21 heavy (non-hydrogen) atoms. The molecule has 0 fully saturated rings. The summed E-state index contributed by atoms with van der Waals surface area (Å²) < 4.78 is 0. The van der Waals surface area contributed by atoms with Crippen LogP contribution in [-0.4, -0.2) is 22.5 Å². The van der Waals surface area contributed by atoms with Gasteiger partial charge in [-0.1, -0.05) is 0 Å². The summed E-state index contributed by atoms with van der Waals surface area (Å²) in [7, 11) is 0. The Morgan fingerprint density at radius 1 is 1.38 bits per heavy atom. The van der Waals surface area contributed by atoms with Crippen LogP contribution in [0.1, 0.15) is 20.8 Å². The zero-order chi connectivity index (χ0) is 15.0. The van der Waals surface area contributed by atoms with Crippen molar-refractivity contribution < 1.29 is 14.8 Å². The zero-order valence-corrected chi connectivity index (χ0v) is 11.8. The molecule has 0 amide bonds. The number of nitro groups is 1. The van der Waals surface area contributed by atoms with Gasteiger partial charge in [0.2, 0.25) is 0 Å². The Labute approximate surface area is 124 Å². The van der Waals surface area contributed by atoms with Gasteiger partial charge < -0.3 is 10.0 Å². The van der Waals surface area contributed by atoms with Gasteiger partial charge in [0.15, 0.2) is 0 Å². The van der Waals surface area contributed by atoms with Crippen LogP contribution in [0.2, 0.25) is 0 Å². The summed E-state index contributed by atoms with van der Waals surface area (Å²) in [5.41, 5.74) is 1.27. The first-order valence-electron chi connectivity index (χ1n) is 6.38. The number of benzene rings is 1. The number of nitrogens with zero attached hydrogens (tertiary/aromatic N) is 2. The van der Waals surface area contributed by atoms with Gasteiger partial charge in [-0.2, -0.15) is 0 Å². The highest BCUT2D eigenvalue weighted by molar-refractivity contribution is 7.10. The van der Waals surface area contributed by atoms with Gasteiger partial charge in [0.1, 0.15) is 5.56 Å². The molecule has 1 aliphatic heterocycles. The van der Waals surface area contributed by atoms with Crippen molar-refractivity contribution in [2.75, 3.05) is 11.4 Å². The van der Waals surface area contributed by atoms with Crippen molar-refractivity contribution in [1.82, 2.24) is 0 Å². The summed E-state index contributed by atoms with van der Waals surface area (Å²) in [6.45, 7) is 1.47. The van der Waals surface area contributed by atoms with E-state index in [1.807, 2.05) is 10.3 Å². The highest BCUT2D eigenvalue weighted by atomic mass is 32.1. The number of aromatic carboxylic acids is 1. The van der Waals surface area contributed by atoms with Crippen LogP contribution in [0.3, 0.4) is 0 Å². The first kappa shape index (κ1) is 13.6. The lowest BCUT2D eigenvalue weighted by Gasteiger charge is -2.29. The molecule has 108 valence electrons. The van der Waals surface area contributed by atoms with Gasteiger partial charge in [-0.3, -0.25) is 10.1 Å². The van der Waals surface area contributed by atoms with Crippen molar-refractivity contribution in [2.24, 2.45) is 0 Å². The number of anilines is 1. The lowest BCUT2D eigenvalue weighted by molar-refractivity contribution is -0.385. The van der Waals surface area contributed by atoms with Gasteiger partial charge in [0.25, 0.3) is 5.69 Å². The number of carboxylic acids is 1. The van der Waals surface area contributed by atoms with E-state index in [4.69, 9.17) is 5.11 Å². The molecule has 3 rings (SSSR count). The topological polar surface area (TPSA) is 83.7 Å². The quantitative estimate of drug-likeness (QED) is 0.696. The van der Waals surface area contributed by atoms with Crippen LogP contribution in [0, 0.1) is 10.1 Å². The fraction of sp³-hybridized carbons (Fsp3) is 0.214. The van der Waals surface area contributed by atoms with Crippen molar-refractivity contribution >= 4 is 28.7 Å². The van der Waals surface area contributed by atoms with Crippen LogP contribution < -0.4 is 4.90 Å². The number of hydrogen-bond acceptors (Lipinski definition) is 5. The minimum atomic E-state index is -1.29. The summed E-state index contributed by atoms with van der Waals surface area (Å²) in [6, 6.07) is 6.35. The van der Waals surface area contributed by atoms with Crippen molar-refractivity contribution in [3.63, 3.8) is 0 Å². The zero-order valence-electron chi connectivity index (χ0n) is 11.0. The highest BCUT2D eigenvalue weighted by Gasteiger charge is 2.23. The number of rotatable bonds is 3.